The third kappa shape index (κ3) is 1.03. The second-order valence-electron chi connectivity index (χ2n) is 4.89. The van der Waals surface area contributed by atoms with Crippen LogP contribution >= 0.6 is 0 Å². The van der Waals surface area contributed by atoms with Crippen LogP contribution in [-0.4, -0.2) is 15.2 Å². The molecule has 0 amide bonds. The molecular weight excluding hydrogens is 234 g/mol. The standard InChI is InChI=1S/C16H9N3/c1-2-4-11-9(3-1)5-6-10-7-8-12-14-15(13(10)11)17-16(14)19-18-12/h1-8H,(H,17,18,19). The van der Waals surface area contributed by atoms with E-state index in [1.165, 1.54) is 21.5 Å². The first-order valence-corrected chi connectivity index (χ1v) is 6.30. The van der Waals surface area contributed by atoms with Gasteiger partial charge in [0.2, 0.25) is 0 Å². The maximum Gasteiger partial charge on any atom is 0.164 e. The molecule has 0 radical (unpaired) electrons. The summed E-state index contributed by atoms with van der Waals surface area (Å²) in [7, 11) is 0. The molecule has 19 heavy (non-hydrogen) atoms. The normalized spacial score (nSPS) is 12.2. The zero-order valence-corrected chi connectivity index (χ0v) is 10.0. The molecule has 3 nitrogen and oxygen atoms in total. The molecule has 2 aromatic heterocycles. The molecule has 0 saturated carbocycles. The van der Waals surface area contributed by atoms with Gasteiger partial charge in [0.25, 0.3) is 0 Å². The minimum Gasteiger partial charge on any atom is -0.337 e. The molecule has 0 spiro atoms. The second-order valence-corrected chi connectivity index (χ2v) is 4.89. The van der Waals surface area contributed by atoms with E-state index in [1.54, 1.807) is 0 Å². The van der Waals surface area contributed by atoms with Gasteiger partial charge in [-0.1, -0.05) is 42.5 Å². The number of H-pyrrole nitrogens is 1. The topological polar surface area (TPSA) is 41.6 Å². The van der Waals surface area contributed by atoms with Gasteiger partial charge in [-0.25, -0.2) is 0 Å². The predicted octanol–water partition coefficient (Wildman–Crippen LogP) is 3.86. The van der Waals surface area contributed by atoms with Gasteiger partial charge in [-0.05, 0) is 22.2 Å². The van der Waals surface area contributed by atoms with Crippen molar-refractivity contribution >= 4 is 43.6 Å². The fourth-order valence-electron chi connectivity index (χ4n) is 2.96. The molecule has 88 valence electrons. The van der Waals surface area contributed by atoms with Gasteiger partial charge in [0.15, 0.2) is 5.65 Å². The number of nitrogens with one attached hydrogen (secondary N) is 1. The number of aromatic nitrogens is 3. The van der Waals surface area contributed by atoms with E-state index in [0.29, 0.717) is 0 Å². The summed E-state index contributed by atoms with van der Waals surface area (Å²) in [5.74, 6) is 0. The molecule has 5 aromatic rings. The highest BCUT2D eigenvalue weighted by molar-refractivity contribution is 6.25. The largest absolute Gasteiger partial charge is 0.337 e. The summed E-state index contributed by atoms with van der Waals surface area (Å²) >= 11 is 0. The monoisotopic (exact) mass is 243 g/mol. The Kier molecular flexibility index (Phi) is 1.47. The van der Waals surface area contributed by atoms with E-state index in [9.17, 15) is 0 Å². The van der Waals surface area contributed by atoms with Crippen molar-refractivity contribution in [1.29, 1.82) is 0 Å². The Morgan fingerprint density at radius 2 is 1.58 bits per heavy atom. The second kappa shape index (κ2) is 3.01. The summed E-state index contributed by atoms with van der Waals surface area (Å²) in [6.45, 7) is 0. The molecule has 5 rings (SSSR count). The first-order valence-electron chi connectivity index (χ1n) is 6.30. The van der Waals surface area contributed by atoms with Gasteiger partial charge in [-0.3, -0.25) is 0 Å². The first kappa shape index (κ1) is 9.28. The van der Waals surface area contributed by atoms with Crippen LogP contribution in [0.25, 0.3) is 43.6 Å². The number of hydrogen-bond donors (Lipinski definition) is 1. The Bertz CT molecular complexity index is 1060. The molecule has 2 heterocycles. The zero-order valence-electron chi connectivity index (χ0n) is 10.0. The Morgan fingerprint density at radius 1 is 0.737 bits per heavy atom. The van der Waals surface area contributed by atoms with E-state index < -0.39 is 0 Å². The van der Waals surface area contributed by atoms with Crippen LogP contribution in [0.15, 0.2) is 48.5 Å². The number of rotatable bonds is 0. The van der Waals surface area contributed by atoms with Crippen LogP contribution < -0.4 is 0 Å². The number of aromatic amines is 1. The van der Waals surface area contributed by atoms with Crippen molar-refractivity contribution in [3.63, 3.8) is 0 Å². The molecule has 0 bridgehead atoms. The maximum absolute atomic E-state index is 4.20. The molecule has 3 heteroatoms. The SMILES string of the molecule is c1ccc2c(c1)ccc1ccc3nnc4[nH]c(c34)c12. The quantitative estimate of drug-likeness (QED) is 0.448. The average Bonchev–Trinajstić information content (AvgIpc) is 2.68. The van der Waals surface area contributed by atoms with Crippen molar-refractivity contribution < 1.29 is 0 Å². The number of nitrogens with zero attached hydrogens (tertiary/aromatic N) is 2. The lowest BCUT2D eigenvalue weighted by molar-refractivity contribution is 1.13. The predicted molar refractivity (Wildman–Crippen MR) is 77.6 cm³/mol. The summed E-state index contributed by atoms with van der Waals surface area (Å²) in [4.78, 5) is 3.34. The first-order chi connectivity index (χ1) is 9.42. The molecule has 0 aliphatic carbocycles. The van der Waals surface area contributed by atoms with Crippen molar-refractivity contribution in [2.24, 2.45) is 0 Å². The molecule has 0 aliphatic rings. The highest BCUT2D eigenvalue weighted by Crippen LogP contribution is 2.35. The van der Waals surface area contributed by atoms with Gasteiger partial charge in [0.05, 0.1) is 16.4 Å². The fraction of sp³-hybridized carbons (Fsp3) is 0. The third-order valence-electron chi connectivity index (χ3n) is 3.88. The lowest BCUT2D eigenvalue weighted by atomic mass is 10.0. The van der Waals surface area contributed by atoms with Crippen LogP contribution in [0.2, 0.25) is 0 Å². The van der Waals surface area contributed by atoms with Crippen molar-refractivity contribution in [3.8, 4) is 0 Å². The Labute approximate surface area is 108 Å². The number of benzene rings is 2. The van der Waals surface area contributed by atoms with E-state index in [0.717, 1.165) is 22.1 Å². The van der Waals surface area contributed by atoms with Gasteiger partial charge >= 0.3 is 0 Å². The number of hydrogen-bond acceptors (Lipinski definition) is 2. The Hall–Kier alpha value is -2.68. The lowest BCUT2D eigenvalue weighted by Crippen LogP contribution is -1.86. The maximum atomic E-state index is 4.20. The summed E-state index contributed by atoms with van der Waals surface area (Å²) in [5, 5.41) is 14.5. The van der Waals surface area contributed by atoms with Crippen LogP contribution in [0.5, 0.6) is 0 Å². The van der Waals surface area contributed by atoms with Crippen molar-refractivity contribution in [1.82, 2.24) is 15.2 Å². The average molecular weight is 243 g/mol. The van der Waals surface area contributed by atoms with E-state index in [2.05, 4.69) is 57.6 Å². The molecule has 0 atom stereocenters. The van der Waals surface area contributed by atoms with Crippen LogP contribution in [0.1, 0.15) is 0 Å². The van der Waals surface area contributed by atoms with Crippen molar-refractivity contribution in [2.75, 3.05) is 0 Å². The molecule has 0 fully saturated rings. The van der Waals surface area contributed by atoms with Gasteiger partial charge in [-0.2, -0.15) is 0 Å². The van der Waals surface area contributed by atoms with E-state index in [-0.39, 0.29) is 0 Å². The molecule has 1 N–H and O–H groups in total. The Morgan fingerprint density at radius 3 is 2.58 bits per heavy atom. The minimum absolute atomic E-state index is 0.899. The van der Waals surface area contributed by atoms with Crippen LogP contribution in [-0.2, 0) is 0 Å². The zero-order chi connectivity index (χ0) is 12.4. The van der Waals surface area contributed by atoms with Crippen molar-refractivity contribution in [2.45, 2.75) is 0 Å². The summed E-state index contributed by atoms with van der Waals surface area (Å²) in [6.07, 6.45) is 0. The third-order valence-corrected chi connectivity index (χ3v) is 3.88. The van der Waals surface area contributed by atoms with E-state index in [4.69, 9.17) is 0 Å². The molecule has 0 unspecified atom stereocenters. The summed E-state index contributed by atoms with van der Waals surface area (Å²) < 4.78 is 0. The van der Waals surface area contributed by atoms with Gasteiger partial charge in [-0.15, -0.1) is 10.2 Å². The van der Waals surface area contributed by atoms with E-state index >= 15 is 0 Å². The van der Waals surface area contributed by atoms with Crippen LogP contribution in [0.3, 0.4) is 0 Å². The van der Waals surface area contributed by atoms with Crippen molar-refractivity contribution in [3.05, 3.63) is 48.5 Å². The molecule has 3 aromatic carbocycles. The summed E-state index contributed by atoms with van der Waals surface area (Å²) in [5.41, 5.74) is 3.02. The number of fused-ring (bicyclic) bond motifs is 4. The highest BCUT2D eigenvalue weighted by atomic mass is 15.2. The summed E-state index contributed by atoms with van der Waals surface area (Å²) in [6, 6.07) is 17.0. The fourth-order valence-corrected chi connectivity index (χ4v) is 2.96. The Balaban J connectivity index is 2.20. The van der Waals surface area contributed by atoms with Crippen LogP contribution in [0, 0.1) is 0 Å². The highest BCUT2D eigenvalue weighted by Gasteiger charge is 2.14. The molecule has 0 saturated heterocycles. The van der Waals surface area contributed by atoms with Gasteiger partial charge in [0.1, 0.15) is 0 Å². The lowest BCUT2D eigenvalue weighted by Gasteiger charge is -2.06. The van der Waals surface area contributed by atoms with Gasteiger partial charge in [0, 0.05) is 5.39 Å². The van der Waals surface area contributed by atoms with Crippen LogP contribution in [0.4, 0.5) is 0 Å². The molecular formula is C16H9N3. The van der Waals surface area contributed by atoms with Gasteiger partial charge < -0.3 is 4.98 Å². The van der Waals surface area contributed by atoms with E-state index in [1.807, 2.05) is 6.07 Å². The smallest absolute Gasteiger partial charge is 0.164 e. The minimum atomic E-state index is 0.899. The molecule has 0 aliphatic heterocycles.